The van der Waals surface area contributed by atoms with E-state index in [0.717, 1.165) is 24.9 Å². The highest BCUT2D eigenvalue weighted by Gasteiger charge is 2.29. The van der Waals surface area contributed by atoms with Crippen LogP contribution in [-0.4, -0.2) is 31.8 Å². The van der Waals surface area contributed by atoms with Gasteiger partial charge in [-0.15, -0.1) is 0 Å². The van der Waals surface area contributed by atoms with E-state index in [1.807, 2.05) is 6.92 Å². The number of ether oxygens (including phenoxy) is 1. The van der Waals surface area contributed by atoms with E-state index in [-0.39, 0.29) is 0 Å². The van der Waals surface area contributed by atoms with Crippen molar-refractivity contribution in [1.29, 1.82) is 0 Å². The van der Waals surface area contributed by atoms with E-state index < -0.39 is 0 Å². The number of hydrogen-bond donors (Lipinski definition) is 1. The second kappa shape index (κ2) is 5.19. The number of rotatable bonds is 5. The summed E-state index contributed by atoms with van der Waals surface area (Å²) >= 11 is 0. The molecule has 1 unspecified atom stereocenters. The Morgan fingerprint density at radius 1 is 1.17 bits per heavy atom. The highest BCUT2D eigenvalue weighted by atomic mass is 16.5. The largest absolute Gasteiger partial charge is 0.494 e. The lowest BCUT2D eigenvalue weighted by Crippen LogP contribution is -2.33. The van der Waals surface area contributed by atoms with Crippen LogP contribution >= 0.6 is 0 Å². The highest BCUT2D eigenvalue weighted by molar-refractivity contribution is 5.50. The minimum absolute atomic E-state index is 0.684. The molecule has 0 amide bonds. The van der Waals surface area contributed by atoms with Crippen molar-refractivity contribution in [3.8, 4) is 5.75 Å². The molecule has 3 heteroatoms. The van der Waals surface area contributed by atoms with Crippen LogP contribution in [0.3, 0.4) is 0 Å². The molecule has 1 aromatic rings. The first-order valence-electron chi connectivity index (χ1n) is 7.09. The molecule has 1 aromatic carbocycles. The van der Waals surface area contributed by atoms with Crippen LogP contribution in [0.15, 0.2) is 24.3 Å². The monoisotopic (exact) mass is 246 g/mol. The number of benzene rings is 1. The Balaban J connectivity index is 1.57. The zero-order chi connectivity index (χ0) is 12.4. The van der Waals surface area contributed by atoms with Crippen LogP contribution in [0.4, 0.5) is 5.69 Å². The first-order chi connectivity index (χ1) is 8.85. The van der Waals surface area contributed by atoms with Gasteiger partial charge in [0.25, 0.3) is 0 Å². The molecule has 0 aromatic heterocycles. The third-order valence-electron chi connectivity index (χ3n) is 3.75. The molecular formula is C15H22N2O. The fraction of sp³-hybridized carbons (Fsp3) is 0.600. The van der Waals surface area contributed by atoms with E-state index in [0.29, 0.717) is 6.04 Å². The fourth-order valence-corrected chi connectivity index (χ4v) is 2.63. The number of hydrogen-bond acceptors (Lipinski definition) is 3. The van der Waals surface area contributed by atoms with Crippen LogP contribution in [0.25, 0.3) is 0 Å². The average Bonchev–Trinajstić information content (AvgIpc) is 3.07. The molecule has 1 heterocycles. The molecule has 1 saturated carbocycles. The van der Waals surface area contributed by atoms with Gasteiger partial charge in [0, 0.05) is 30.9 Å². The molecule has 0 spiro atoms. The molecule has 1 aliphatic heterocycles. The molecule has 3 rings (SSSR count). The smallest absolute Gasteiger partial charge is 0.119 e. The lowest BCUT2D eigenvalue weighted by atomic mass is 10.2. The molecular weight excluding hydrogens is 224 g/mol. The molecule has 0 bridgehead atoms. The van der Waals surface area contributed by atoms with E-state index >= 15 is 0 Å². The molecule has 0 radical (unpaired) electrons. The molecule has 1 atom stereocenters. The van der Waals surface area contributed by atoms with Crippen LogP contribution in [0.2, 0.25) is 0 Å². The van der Waals surface area contributed by atoms with Crippen LogP contribution < -0.4 is 15.0 Å². The summed E-state index contributed by atoms with van der Waals surface area (Å²) in [5, 5.41) is 3.72. The minimum atomic E-state index is 0.684. The van der Waals surface area contributed by atoms with Crippen molar-refractivity contribution in [1.82, 2.24) is 5.32 Å². The first-order valence-corrected chi connectivity index (χ1v) is 7.09. The summed E-state index contributed by atoms with van der Waals surface area (Å²) in [6.45, 7) is 5.06. The summed E-state index contributed by atoms with van der Waals surface area (Å²) in [5.74, 6) is 0.966. The van der Waals surface area contributed by atoms with Gasteiger partial charge in [-0.25, -0.2) is 0 Å². The molecule has 2 fully saturated rings. The van der Waals surface area contributed by atoms with Crippen molar-refractivity contribution < 1.29 is 4.74 Å². The summed E-state index contributed by atoms with van der Waals surface area (Å²) in [4.78, 5) is 2.47. The predicted molar refractivity (Wildman–Crippen MR) is 74.4 cm³/mol. The maximum absolute atomic E-state index is 5.47. The van der Waals surface area contributed by atoms with Crippen LogP contribution in [-0.2, 0) is 0 Å². The quantitative estimate of drug-likeness (QED) is 0.863. The maximum Gasteiger partial charge on any atom is 0.119 e. The third kappa shape index (κ3) is 2.78. The average molecular weight is 246 g/mol. The first kappa shape index (κ1) is 11.8. The van der Waals surface area contributed by atoms with Gasteiger partial charge < -0.3 is 15.0 Å². The van der Waals surface area contributed by atoms with Gasteiger partial charge in [-0.2, -0.15) is 0 Å². The molecule has 1 aliphatic carbocycles. The van der Waals surface area contributed by atoms with Crippen molar-refractivity contribution in [2.45, 2.75) is 38.3 Å². The highest BCUT2D eigenvalue weighted by Crippen LogP contribution is 2.26. The Morgan fingerprint density at radius 2 is 1.94 bits per heavy atom. The van der Waals surface area contributed by atoms with Crippen molar-refractivity contribution in [2.75, 3.05) is 24.6 Å². The van der Waals surface area contributed by atoms with E-state index in [1.54, 1.807) is 0 Å². The van der Waals surface area contributed by atoms with Gasteiger partial charge in [0.15, 0.2) is 0 Å². The summed E-state index contributed by atoms with van der Waals surface area (Å²) in [6.07, 6.45) is 4.02. The van der Waals surface area contributed by atoms with E-state index in [1.165, 1.54) is 31.5 Å². The van der Waals surface area contributed by atoms with Gasteiger partial charge in [-0.05, 0) is 50.5 Å². The van der Waals surface area contributed by atoms with E-state index in [2.05, 4.69) is 34.5 Å². The number of anilines is 1. The van der Waals surface area contributed by atoms with Crippen molar-refractivity contribution in [3.63, 3.8) is 0 Å². The Kier molecular flexibility index (Phi) is 3.41. The summed E-state index contributed by atoms with van der Waals surface area (Å²) in [6, 6.07) is 9.98. The summed E-state index contributed by atoms with van der Waals surface area (Å²) in [7, 11) is 0. The normalized spacial score (nSPS) is 23.4. The Labute approximate surface area is 109 Å². The summed E-state index contributed by atoms with van der Waals surface area (Å²) in [5.41, 5.74) is 1.32. The van der Waals surface area contributed by atoms with Crippen molar-refractivity contribution in [2.24, 2.45) is 0 Å². The summed E-state index contributed by atoms with van der Waals surface area (Å²) < 4.78 is 5.47. The van der Waals surface area contributed by atoms with Gasteiger partial charge >= 0.3 is 0 Å². The predicted octanol–water partition coefficient (Wildman–Crippen LogP) is 2.42. The van der Waals surface area contributed by atoms with Crippen molar-refractivity contribution >= 4 is 5.69 Å². The number of nitrogens with zero attached hydrogens (tertiary/aromatic N) is 1. The lowest BCUT2D eigenvalue weighted by Gasteiger charge is -2.19. The van der Waals surface area contributed by atoms with Gasteiger partial charge in [-0.3, -0.25) is 0 Å². The van der Waals surface area contributed by atoms with Crippen LogP contribution in [0, 0.1) is 0 Å². The SMILES string of the molecule is CCOc1ccc(N2CCC(NC3CC3)C2)cc1. The molecule has 1 N–H and O–H groups in total. The Morgan fingerprint density at radius 3 is 2.61 bits per heavy atom. The van der Waals surface area contributed by atoms with Crippen LogP contribution in [0.1, 0.15) is 26.2 Å². The topological polar surface area (TPSA) is 24.5 Å². The van der Waals surface area contributed by atoms with Gasteiger partial charge in [0.1, 0.15) is 5.75 Å². The lowest BCUT2D eigenvalue weighted by molar-refractivity contribution is 0.340. The zero-order valence-electron chi connectivity index (χ0n) is 11.1. The fourth-order valence-electron chi connectivity index (χ4n) is 2.63. The van der Waals surface area contributed by atoms with Gasteiger partial charge in [-0.1, -0.05) is 0 Å². The molecule has 98 valence electrons. The second-order valence-electron chi connectivity index (χ2n) is 5.30. The van der Waals surface area contributed by atoms with E-state index in [9.17, 15) is 0 Å². The third-order valence-corrected chi connectivity index (χ3v) is 3.75. The Hall–Kier alpha value is -1.22. The van der Waals surface area contributed by atoms with Gasteiger partial charge in [0.2, 0.25) is 0 Å². The molecule has 2 aliphatic rings. The van der Waals surface area contributed by atoms with E-state index in [4.69, 9.17) is 4.74 Å². The molecule has 18 heavy (non-hydrogen) atoms. The molecule has 1 saturated heterocycles. The maximum atomic E-state index is 5.47. The van der Waals surface area contributed by atoms with Crippen molar-refractivity contribution in [3.05, 3.63) is 24.3 Å². The van der Waals surface area contributed by atoms with Gasteiger partial charge in [0.05, 0.1) is 6.61 Å². The zero-order valence-corrected chi connectivity index (χ0v) is 11.1. The standard InChI is InChI=1S/C15H22N2O/c1-2-18-15-7-5-14(6-8-15)17-10-9-13(11-17)16-12-3-4-12/h5-8,12-13,16H,2-4,9-11H2,1H3. The Bertz CT molecular complexity index is 386. The number of nitrogens with one attached hydrogen (secondary N) is 1. The molecule has 3 nitrogen and oxygen atoms in total. The van der Waals surface area contributed by atoms with Crippen LogP contribution in [0.5, 0.6) is 5.75 Å². The second-order valence-corrected chi connectivity index (χ2v) is 5.30. The minimum Gasteiger partial charge on any atom is -0.494 e.